The lowest BCUT2D eigenvalue weighted by Crippen LogP contribution is -2.55. The van der Waals surface area contributed by atoms with Gasteiger partial charge in [0.1, 0.15) is 6.04 Å². The predicted molar refractivity (Wildman–Crippen MR) is 53.0 cm³/mol. The number of ether oxygens (including phenoxy) is 1. The van der Waals surface area contributed by atoms with E-state index < -0.39 is 0 Å². The van der Waals surface area contributed by atoms with Gasteiger partial charge in [0.05, 0.1) is 7.11 Å². The maximum Gasteiger partial charge on any atom is 0.324 e. The van der Waals surface area contributed by atoms with E-state index in [-0.39, 0.29) is 12.0 Å². The van der Waals surface area contributed by atoms with Crippen molar-refractivity contribution in [1.29, 1.82) is 0 Å². The second kappa shape index (κ2) is 4.28. The number of carbonyl (C=O) groups is 1. The minimum Gasteiger partial charge on any atom is -0.468 e. The lowest BCUT2D eigenvalue weighted by molar-refractivity contribution is -0.147. The summed E-state index contributed by atoms with van der Waals surface area (Å²) >= 11 is 0. The summed E-state index contributed by atoms with van der Waals surface area (Å²) in [6.07, 6.45) is 2.66. The van der Waals surface area contributed by atoms with Crippen molar-refractivity contribution in [2.75, 3.05) is 33.3 Å². The average molecular weight is 198 g/mol. The fourth-order valence-corrected chi connectivity index (χ4v) is 1.97. The molecule has 0 bridgehead atoms. The van der Waals surface area contributed by atoms with Crippen LogP contribution in [0.15, 0.2) is 0 Å². The normalized spacial score (nSPS) is 28.8. The Kier molecular flexibility index (Phi) is 3.03. The van der Waals surface area contributed by atoms with Crippen molar-refractivity contribution in [3.05, 3.63) is 0 Å². The molecule has 1 saturated carbocycles. The van der Waals surface area contributed by atoms with Crippen LogP contribution >= 0.6 is 0 Å². The Labute approximate surface area is 84.6 Å². The topological polar surface area (TPSA) is 41.6 Å². The van der Waals surface area contributed by atoms with Crippen LogP contribution in [0.2, 0.25) is 0 Å². The Morgan fingerprint density at radius 2 is 2.36 bits per heavy atom. The van der Waals surface area contributed by atoms with Gasteiger partial charge in [-0.15, -0.1) is 0 Å². The molecule has 4 nitrogen and oxygen atoms in total. The van der Waals surface area contributed by atoms with E-state index in [1.165, 1.54) is 20.0 Å². The molecular formula is C10H18N2O2. The molecule has 0 aromatic heterocycles. The third-order valence-corrected chi connectivity index (χ3v) is 3.02. The number of methoxy groups -OCH3 is 1. The number of rotatable bonds is 3. The first-order valence-corrected chi connectivity index (χ1v) is 5.34. The van der Waals surface area contributed by atoms with Gasteiger partial charge in [-0.3, -0.25) is 9.69 Å². The van der Waals surface area contributed by atoms with Gasteiger partial charge in [0.15, 0.2) is 0 Å². The van der Waals surface area contributed by atoms with E-state index in [2.05, 4.69) is 10.2 Å². The third kappa shape index (κ3) is 2.25. The first-order chi connectivity index (χ1) is 6.81. The van der Waals surface area contributed by atoms with E-state index in [1.807, 2.05) is 0 Å². The van der Waals surface area contributed by atoms with Gasteiger partial charge < -0.3 is 10.1 Å². The minimum absolute atomic E-state index is 0.0608. The standard InChI is InChI=1S/C10H18N2O2/c1-14-10(13)9-6-11-4-5-12(9)7-8-2-3-8/h8-9,11H,2-7H2,1H3. The van der Waals surface area contributed by atoms with Crippen molar-refractivity contribution in [3.63, 3.8) is 0 Å². The van der Waals surface area contributed by atoms with Gasteiger partial charge in [-0.1, -0.05) is 0 Å². The number of esters is 1. The third-order valence-electron chi connectivity index (χ3n) is 3.02. The van der Waals surface area contributed by atoms with Crippen LogP contribution in [0.1, 0.15) is 12.8 Å². The van der Waals surface area contributed by atoms with Crippen molar-refractivity contribution in [2.45, 2.75) is 18.9 Å². The van der Waals surface area contributed by atoms with Crippen LogP contribution in [0.4, 0.5) is 0 Å². The summed E-state index contributed by atoms with van der Waals surface area (Å²) in [5, 5.41) is 3.23. The number of piperazine rings is 1. The van der Waals surface area contributed by atoms with E-state index >= 15 is 0 Å². The van der Waals surface area contributed by atoms with Crippen molar-refractivity contribution in [1.82, 2.24) is 10.2 Å². The minimum atomic E-state index is -0.0992. The lowest BCUT2D eigenvalue weighted by Gasteiger charge is -2.34. The number of nitrogens with one attached hydrogen (secondary N) is 1. The molecule has 80 valence electrons. The van der Waals surface area contributed by atoms with Gasteiger partial charge in [-0.2, -0.15) is 0 Å². The molecule has 2 rings (SSSR count). The highest BCUT2D eigenvalue weighted by Gasteiger charge is 2.33. The zero-order valence-corrected chi connectivity index (χ0v) is 8.66. The SMILES string of the molecule is COC(=O)C1CNCCN1CC1CC1. The number of carbonyl (C=O) groups excluding carboxylic acids is 1. The fraction of sp³-hybridized carbons (Fsp3) is 0.900. The molecule has 2 fully saturated rings. The van der Waals surface area contributed by atoms with Gasteiger partial charge in [-0.25, -0.2) is 0 Å². The summed E-state index contributed by atoms with van der Waals surface area (Å²) in [6.45, 7) is 3.76. The number of nitrogens with zero attached hydrogens (tertiary/aromatic N) is 1. The van der Waals surface area contributed by atoms with Gasteiger partial charge in [0, 0.05) is 26.2 Å². The van der Waals surface area contributed by atoms with Crippen molar-refractivity contribution < 1.29 is 9.53 Å². The highest BCUT2D eigenvalue weighted by molar-refractivity contribution is 5.76. The number of hydrogen-bond acceptors (Lipinski definition) is 4. The van der Waals surface area contributed by atoms with Crippen LogP contribution in [0.3, 0.4) is 0 Å². The monoisotopic (exact) mass is 198 g/mol. The van der Waals surface area contributed by atoms with Gasteiger partial charge in [0.25, 0.3) is 0 Å². The maximum absolute atomic E-state index is 11.5. The van der Waals surface area contributed by atoms with Crippen LogP contribution < -0.4 is 5.32 Å². The second-order valence-electron chi connectivity index (χ2n) is 4.18. The molecule has 1 N–H and O–H groups in total. The van der Waals surface area contributed by atoms with Crippen molar-refractivity contribution in [2.24, 2.45) is 5.92 Å². The molecule has 1 atom stereocenters. The number of hydrogen-bond donors (Lipinski definition) is 1. The molecule has 4 heteroatoms. The Morgan fingerprint density at radius 3 is 3.00 bits per heavy atom. The lowest BCUT2D eigenvalue weighted by atomic mass is 10.2. The Morgan fingerprint density at radius 1 is 1.57 bits per heavy atom. The van der Waals surface area contributed by atoms with Gasteiger partial charge in [-0.05, 0) is 18.8 Å². The van der Waals surface area contributed by atoms with E-state index in [4.69, 9.17) is 4.74 Å². The van der Waals surface area contributed by atoms with Gasteiger partial charge >= 0.3 is 5.97 Å². The largest absolute Gasteiger partial charge is 0.468 e. The zero-order valence-electron chi connectivity index (χ0n) is 8.66. The summed E-state index contributed by atoms with van der Waals surface area (Å²) in [7, 11) is 1.46. The van der Waals surface area contributed by atoms with Crippen LogP contribution in [-0.4, -0.2) is 50.2 Å². The zero-order chi connectivity index (χ0) is 9.97. The first kappa shape index (κ1) is 9.93. The summed E-state index contributed by atoms with van der Waals surface area (Å²) in [6, 6.07) is -0.0608. The summed E-state index contributed by atoms with van der Waals surface area (Å²) < 4.78 is 4.80. The van der Waals surface area contributed by atoms with E-state index in [9.17, 15) is 4.79 Å². The maximum atomic E-state index is 11.5. The molecule has 14 heavy (non-hydrogen) atoms. The van der Waals surface area contributed by atoms with Crippen molar-refractivity contribution >= 4 is 5.97 Å². The van der Waals surface area contributed by atoms with E-state index in [0.29, 0.717) is 0 Å². The summed E-state index contributed by atoms with van der Waals surface area (Å²) in [5.74, 6) is 0.734. The molecule has 0 radical (unpaired) electrons. The van der Waals surface area contributed by atoms with Gasteiger partial charge in [0.2, 0.25) is 0 Å². The van der Waals surface area contributed by atoms with Crippen LogP contribution in [-0.2, 0) is 9.53 Å². The van der Waals surface area contributed by atoms with Crippen LogP contribution in [0.25, 0.3) is 0 Å². The van der Waals surface area contributed by atoms with Crippen LogP contribution in [0, 0.1) is 5.92 Å². The summed E-state index contributed by atoms with van der Waals surface area (Å²) in [5.41, 5.74) is 0. The van der Waals surface area contributed by atoms with E-state index in [1.54, 1.807) is 0 Å². The Bertz CT molecular complexity index is 216. The Balaban J connectivity index is 1.91. The molecule has 1 aliphatic heterocycles. The molecule has 0 aromatic carbocycles. The van der Waals surface area contributed by atoms with Crippen molar-refractivity contribution in [3.8, 4) is 0 Å². The molecule has 1 heterocycles. The molecule has 1 unspecified atom stereocenters. The predicted octanol–water partition coefficient (Wildman–Crippen LogP) is -0.157. The molecule has 1 aliphatic carbocycles. The fourth-order valence-electron chi connectivity index (χ4n) is 1.97. The average Bonchev–Trinajstić information content (AvgIpc) is 3.01. The smallest absolute Gasteiger partial charge is 0.324 e. The van der Waals surface area contributed by atoms with E-state index in [0.717, 1.165) is 32.1 Å². The first-order valence-electron chi connectivity index (χ1n) is 5.34. The highest BCUT2D eigenvalue weighted by atomic mass is 16.5. The highest BCUT2D eigenvalue weighted by Crippen LogP contribution is 2.30. The molecule has 2 aliphatic rings. The van der Waals surface area contributed by atoms with Crippen LogP contribution in [0.5, 0.6) is 0 Å². The molecular weight excluding hydrogens is 180 g/mol. The summed E-state index contributed by atoms with van der Waals surface area (Å²) in [4.78, 5) is 13.7. The molecule has 1 saturated heterocycles. The molecule has 0 aromatic rings. The second-order valence-corrected chi connectivity index (χ2v) is 4.18. The quantitative estimate of drug-likeness (QED) is 0.640. The molecule has 0 spiro atoms. The molecule has 0 amide bonds. The Hall–Kier alpha value is -0.610.